The maximum Gasteiger partial charge on any atom is 0.303 e. The number of esters is 1. The predicted octanol–water partition coefficient (Wildman–Crippen LogP) is 1.41. The monoisotopic (exact) mass is 195 g/mol. The van der Waals surface area contributed by atoms with E-state index in [0.717, 1.165) is 19.4 Å². The van der Waals surface area contributed by atoms with Gasteiger partial charge in [0.15, 0.2) is 0 Å². The largest absolute Gasteiger partial charge is 0.458 e. The van der Waals surface area contributed by atoms with E-state index >= 15 is 0 Å². The smallest absolute Gasteiger partial charge is 0.303 e. The van der Waals surface area contributed by atoms with E-state index < -0.39 is 0 Å². The Labute approximate surface area is 84.8 Å². The summed E-state index contributed by atoms with van der Waals surface area (Å²) in [6.45, 7) is 5.90. The molecule has 0 amide bonds. The van der Waals surface area contributed by atoms with Gasteiger partial charge in [0.25, 0.3) is 0 Å². The molecule has 1 aliphatic carbocycles. The molecule has 1 N–H and O–H groups in total. The van der Waals surface area contributed by atoms with Crippen LogP contribution >= 0.6 is 0 Å². The molecule has 0 heterocycles. The third-order valence-corrected chi connectivity index (χ3v) is 2.16. The highest BCUT2D eigenvalue weighted by molar-refractivity contribution is 5.66. The molecule has 78 valence electrons. The molecule has 3 heteroatoms. The van der Waals surface area contributed by atoms with E-state index in [0.29, 0.717) is 6.04 Å². The van der Waals surface area contributed by atoms with Crippen LogP contribution in [0.5, 0.6) is 0 Å². The topological polar surface area (TPSA) is 38.3 Å². The van der Waals surface area contributed by atoms with E-state index in [1.807, 2.05) is 12.2 Å². The fourth-order valence-corrected chi connectivity index (χ4v) is 1.51. The van der Waals surface area contributed by atoms with Crippen molar-refractivity contribution in [3.63, 3.8) is 0 Å². The van der Waals surface area contributed by atoms with Crippen LogP contribution in [-0.4, -0.2) is 24.7 Å². The van der Waals surface area contributed by atoms with Crippen LogP contribution in [0.3, 0.4) is 0 Å². The highest BCUT2D eigenvalue weighted by atomic mass is 16.5. The average Bonchev–Trinajstić information content (AvgIpc) is 2.16. The van der Waals surface area contributed by atoms with Crippen molar-refractivity contribution in [2.24, 2.45) is 0 Å². The van der Waals surface area contributed by atoms with Gasteiger partial charge < -0.3 is 10.1 Å². The van der Waals surface area contributed by atoms with Gasteiger partial charge in [-0.15, -0.1) is 6.58 Å². The van der Waals surface area contributed by atoms with E-state index in [-0.39, 0.29) is 12.1 Å². The number of ether oxygens (including phenoxy) is 1. The minimum absolute atomic E-state index is 0.0331. The summed E-state index contributed by atoms with van der Waals surface area (Å²) in [5.74, 6) is -0.211. The van der Waals surface area contributed by atoms with E-state index in [1.165, 1.54) is 6.92 Å². The van der Waals surface area contributed by atoms with Crippen molar-refractivity contribution in [3.05, 3.63) is 24.8 Å². The number of hydrogen-bond acceptors (Lipinski definition) is 3. The zero-order chi connectivity index (χ0) is 10.4. The molecule has 0 radical (unpaired) electrons. The Morgan fingerprint density at radius 3 is 2.93 bits per heavy atom. The van der Waals surface area contributed by atoms with Crippen molar-refractivity contribution in [2.75, 3.05) is 6.54 Å². The van der Waals surface area contributed by atoms with Crippen LogP contribution in [0.15, 0.2) is 24.8 Å². The lowest BCUT2D eigenvalue weighted by molar-refractivity contribution is -0.144. The van der Waals surface area contributed by atoms with Crippen LogP contribution < -0.4 is 5.32 Å². The zero-order valence-corrected chi connectivity index (χ0v) is 8.53. The van der Waals surface area contributed by atoms with Crippen molar-refractivity contribution in [1.29, 1.82) is 0 Å². The quantitative estimate of drug-likeness (QED) is 0.544. The molecule has 0 fully saturated rings. The van der Waals surface area contributed by atoms with Gasteiger partial charge in [0.2, 0.25) is 0 Å². The maximum atomic E-state index is 10.7. The highest BCUT2D eigenvalue weighted by Crippen LogP contribution is 2.14. The molecule has 0 aliphatic heterocycles. The van der Waals surface area contributed by atoms with Crippen molar-refractivity contribution in [3.8, 4) is 0 Å². The fraction of sp³-hybridized carbons (Fsp3) is 0.545. The Bertz CT molecular complexity index is 235. The Kier molecular flexibility index (Phi) is 4.40. The van der Waals surface area contributed by atoms with Crippen molar-refractivity contribution in [2.45, 2.75) is 31.9 Å². The van der Waals surface area contributed by atoms with E-state index in [9.17, 15) is 4.79 Å². The molecule has 0 aromatic heterocycles. The molecule has 0 aromatic carbocycles. The summed E-state index contributed by atoms with van der Waals surface area (Å²) in [6, 6.07) is 0.389. The summed E-state index contributed by atoms with van der Waals surface area (Å²) in [7, 11) is 0. The van der Waals surface area contributed by atoms with E-state index in [1.54, 1.807) is 0 Å². The van der Waals surface area contributed by atoms with E-state index in [4.69, 9.17) is 4.74 Å². The van der Waals surface area contributed by atoms with Gasteiger partial charge in [-0.25, -0.2) is 0 Å². The van der Waals surface area contributed by atoms with Crippen LogP contribution in [0, 0.1) is 0 Å². The summed E-state index contributed by atoms with van der Waals surface area (Å²) in [5.41, 5.74) is 0. The molecule has 0 saturated heterocycles. The van der Waals surface area contributed by atoms with Crippen LogP contribution in [0.2, 0.25) is 0 Å². The Balaban J connectivity index is 2.31. The molecule has 0 spiro atoms. The van der Waals surface area contributed by atoms with Gasteiger partial charge in [-0.3, -0.25) is 4.79 Å². The lowest BCUT2D eigenvalue weighted by atomic mass is 10.0. The van der Waals surface area contributed by atoms with Gasteiger partial charge in [-0.05, 0) is 18.9 Å². The minimum Gasteiger partial charge on any atom is -0.458 e. The first kappa shape index (κ1) is 11.0. The third-order valence-electron chi connectivity index (χ3n) is 2.16. The molecule has 3 nitrogen and oxygen atoms in total. The lowest BCUT2D eigenvalue weighted by Gasteiger charge is -2.22. The Hall–Kier alpha value is -1.09. The van der Waals surface area contributed by atoms with Gasteiger partial charge in [0, 0.05) is 19.5 Å². The number of carbonyl (C=O) groups excluding carboxylic acids is 1. The zero-order valence-electron chi connectivity index (χ0n) is 8.53. The SMILES string of the molecule is C=CCN[C@@H]1C=C[C@H](OC(C)=O)CC1. The van der Waals surface area contributed by atoms with Crippen LogP contribution in [0.1, 0.15) is 19.8 Å². The van der Waals surface area contributed by atoms with Gasteiger partial charge in [-0.1, -0.05) is 12.2 Å². The summed E-state index contributed by atoms with van der Waals surface area (Å²) in [4.78, 5) is 10.7. The molecule has 0 unspecified atom stereocenters. The first-order chi connectivity index (χ1) is 6.72. The van der Waals surface area contributed by atoms with Crippen LogP contribution in [-0.2, 0) is 9.53 Å². The first-order valence-corrected chi connectivity index (χ1v) is 4.92. The maximum absolute atomic E-state index is 10.7. The normalized spacial score (nSPS) is 25.8. The second-order valence-corrected chi connectivity index (χ2v) is 3.41. The molecule has 1 rings (SSSR count). The van der Waals surface area contributed by atoms with E-state index in [2.05, 4.69) is 18.0 Å². The summed E-state index contributed by atoms with van der Waals surface area (Å²) >= 11 is 0. The van der Waals surface area contributed by atoms with Crippen LogP contribution in [0.4, 0.5) is 0 Å². The number of carbonyl (C=O) groups is 1. The Morgan fingerprint density at radius 1 is 1.64 bits per heavy atom. The summed E-state index contributed by atoms with van der Waals surface area (Å²) in [5, 5.41) is 3.30. The standard InChI is InChI=1S/C11H17NO2/c1-3-8-12-10-4-6-11(7-5-10)14-9(2)13/h3-4,6,10-12H,1,5,7-8H2,2H3/t10-,11+/m1/s1. The molecule has 0 saturated carbocycles. The van der Waals surface area contributed by atoms with Gasteiger partial charge in [0.05, 0.1) is 0 Å². The predicted molar refractivity (Wildman–Crippen MR) is 55.9 cm³/mol. The number of nitrogens with one attached hydrogen (secondary N) is 1. The van der Waals surface area contributed by atoms with Crippen molar-refractivity contribution >= 4 is 5.97 Å². The molecule has 2 atom stereocenters. The second-order valence-electron chi connectivity index (χ2n) is 3.41. The van der Waals surface area contributed by atoms with Gasteiger partial charge in [0.1, 0.15) is 6.10 Å². The summed E-state index contributed by atoms with van der Waals surface area (Å²) in [6.07, 6.45) is 7.71. The van der Waals surface area contributed by atoms with Crippen molar-refractivity contribution in [1.82, 2.24) is 5.32 Å². The van der Waals surface area contributed by atoms with Crippen molar-refractivity contribution < 1.29 is 9.53 Å². The first-order valence-electron chi connectivity index (χ1n) is 4.92. The Morgan fingerprint density at radius 2 is 2.43 bits per heavy atom. The summed E-state index contributed by atoms with van der Waals surface area (Å²) < 4.78 is 5.07. The molecular weight excluding hydrogens is 178 g/mol. The van der Waals surface area contributed by atoms with Gasteiger partial charge >= 0.3 is 5.97 Å². The molecule has 14 heavy (non-hydrogen) atoms. The minimum atomic E-state index is -0.211. The molecule has 0 bridgehead atoms. The molecule has 0 aromatic rings. The van der Waals surface area contributed by atoms with Crippen LogP contribution in [0.25, 0.3) is 0 Å². The average molecular weight is 195 g/mol. The number of rotatable bonds is 4. The second kappa shape index (κ2) is 5.60. The lowest BCUT2D eigenvalue weighted by Crippen LogP contribution is -2.32. The molecule has 1 aliphatic rings. The third kappa shape index (κ3) is 3.75. The van der Waals surface area contributed by atoms with Gasteiger partial charge in [-0.2, -0.15) is 0 Å². The molecular formula is C11H17NO2. The fourth-order valence-electron chi connectivity index (χ4n) is 1.51. The highest BCUT2D eigenvalue weighted by Gasteiger charge is 2.16. The number of hydrogen-bond donors (Lipinski definition) is 1.